The first-order valence-electron chi connectivity index (χ1n) is 10.6. The summed E-state index contributed by atoms with van der Waals surface area (Å²) >= 11 is 0. The van der Waals surface area contributed by atoms with Crippen LogP contribution in [0.2, 0.25) is 0 Å². The predicted molar refractivity (Wildman–Crippen MR) is 117 cm³/mol. The lowest BCUT2D eigenvalue weighted by atomic mass is 9.88. The van der Waals surface area contributed by atoms with Crippen molar-refractivity contribution in [3.05, 3.63) is 59.7 Å². The molecule has 0 aromatic heterocycles. The highest BCUT2D eigenvalue weighted by atomic mass is 19.4. The Morgan fingerprint density at radius 3 is 2.03 bits per heavy atom. The van der Waals surface area contributed by atoms with E-state index in [1.807, 2.05) is 48.5 Å². The third kappa shape index (κ3) is 5.49. The minimum atomic E-state index is -5.13. The van der Waals surface area contributed by atoms with Gasteiger partial charge in [-0.3, -0.25) is 4.79 Å². The maximum atomic E-state index is 12.8. The van der Waals surface area contributed by atoms with E-state index in [1.165, 1.54) is 19.2 Å². The number of rotatable bonds is 8. The molecule has 2 amide bonds. The Morgan fingerprint density at radius 1 is 1.00 bits per heavy atom. The molecular weight excluding hydrogens is 453 g/mol. The normalized spacial score (nSPS) is 14.0. The first-order chi connectivity index (χ1) is 15.9. The maximum Gasteiger partial charge on any atom is 0.419 e. The Kier molecular flexibility index (Phi) is 7.18. The molecule has 1 unspecified atom stereocenters. The molecule has 2 aromatic rings. The second kappa shape index (κ2) is 9.74. The summed E-state index contributed by atoms with van der Waals surface area (Å²) in [6.45, 7) is 2.75. The van der Waals surface area contributed by atoms with Crippen molar-refractivity contribution in [1.82, 2.24) is 10.6 Å². The molecule has 0 aliphatic heterocycles. The van der Waals surface area contributed by atoms with Crippen molar-refractivity contribution in [3.63, 3.8) is 0 Å². The van der Waals surface area contributed by atoms with Crippen LogP contribution < -0.4 is 10.6 Å². The number of fused-ring (bicyclic) bond motifs is 3. The average molecular weight is 478 g/mol. The molecule has 0 bridgehead atoms. The number of halogens is 3. The van der Waals surface area contributed by atoms with Crippen LogP contribution in [0, 0.1) is 5.41 Å². The van der Waals surface area contributed by atoms with Crippen molar-refractivity contribution in [2.24, 2.45) is 5.41 Å². The number of benzene rings is 2. The number of hydrogen-bond donors (Lipinski definition) is 3. The highest BCUT2D eigenvalue weighted by Crippen LogP contribution is 2.44. The van der Waals surface area contributed by atoms with Crippen LogP contribution in [0.3, 0.4) is 0 Å². The van der Waals surface area contributed by atoms with Gasteiger partial charge in [-0.25, -0.2) is 9.59 Å². The molecule has 0 radical (unpaired) electrons. The van der Waals surface area contributed by atoms with Crippen LogP contribution in [0.4, 0.5) is 18.0 Å². The van der Waals surface area contributed by atoms with Crippen LogP contribution >= 0.6 is 0 Å². The molecule has 3 N–H and O–H groups in total. The smallest absolute Gasteiger partial charge is 0.419 e. The minimum Gasteiger partial charge on any atom is -0.479 e. The number of carbonyl (C=O) groups is 3. The van der Waals surface area contributed by atoms with Crippen LogP contribution in [-0.4, -0.2) is 48.4 Å². The highest BCUT2D eigenvalue weighted by Gasteiger charge is 2.47. The van der Waals surface area contributed by atoms with Gasteiger partial charge in [0.05, 0.1) is 0 Å². The van der Waals surface area contributed by atoms with E-state index in [4.69, 9.17) is 9.84 Å². The van der Waals surface area contributed by atoms with Gasteiger partial charge in [-0.05, 0) is 28.7 Å². The van der Waals surface area contributed by atoms with E-state index in [9.17, 15) is 27.6 Å². The summed E-state index contributed by atoms with van der Waals surface area (Å²) in [7, 11) is 0. The number of alkyl halides is 3. The summed E-state index contributed by atoms with van der Waals surface area (Å²) in [4.78, 5) is 35.3. The molecular formula is C24H25F3N2O5. The number of carboxylic acids is 1. The minimum absolute atomic E-state index is 0.0345. The topological polar surface area (TPSA) is 105 Å². The molecule has 10 heteroatoms. The Labute approximate surface area is 194 Å². The SMILES string of the molecule is CC(C)(CCNC(=O)OCC1c2ccccc2-c2ccccc21)C(=O)NC(C(=O)O)C(F)(F)F. The van der Waals surface area contributed by atoms with E-state index in [0.717, 1.165) is 22.3 Å². The van der Waals surface area contributed by atoms with E-state index in [0.29, 0.717) is 0 Å². The molecule has 3 rings (SSSR count). The Balaban J connectivity index is 1.52. The predicted octanol–water partition coefficient (Wildman–Crippen LogP) is 4.07. The first kappa shape index (κ1) is 25.1. The van der Waals surface area contributed by atoms with E-state index in [-0.39, 0.29) is 25.5 Å². The number of aliphatic carboxylic acids is 1. The fourth-order valence-electron chi connectivity index (χ4n) is 3.85. The molecule has 0 saturated carbocycles. The van der Waals surface area contributed by atoms with Gasteiger partial charge in [0.15, 0.2) is 0 Å². The standard InChI is InChI=1S/C24H25F3N2O5/c1-23(2,21(32)29-19(20(30)31)24(25,26)27)11-12-28-22(33)34-13-18-16-9-5-3-7-14(16)15-8-4-6-10-17(15)18/h3-10,18-19H,11-13H2,1-2H3,(H,28,33)(H,29,32)(H,30,31). The van der Waals surface area contributed by atoms with Crippen molar-refractivity contribution in [1.29, 1.82) is 0 Å². The second-order valence-electron chi connectivity index (χ2n) is 8.67. The molecule has 0 spiro atoms. The van der Waals surface area contributed by atoms with Crippen molar-refractivity contribution in [2.45, 2.75) is 38.4 Å². The molecule has 1 atom stereocenters. The molecule has 0 fully saturated rings. The maximum absolute atomic E-state index is 12.8. The monoisotopic (exact) mass is 478 g/mol. The third-order valence-electron chi connectivity index (χ3n) is 5.83. The van der Waals surface area contributed by atoms with E-state index < -0.39 is 35.6 Å². The zero-order valence-electron chi connectivity index (χ0n) is 18.6. The summed E-state index contributed by atoms with van der Waals surface area (Å²) in [6.07, 6.45) is -5.89. The lowest BCUT2D eigenvalue weighted by molar-refractivity contribution is -0.183. The third-order valence-corrected chi connectivity index (χ3v) is 5.83. The van der Waals surface area contributed by atoms with Gasteiger partial charge in [-0.1, -0.05) is 62.4 Å². The Morgan fingerprint density at radius 2 is 1.53 bits per heavy atom. The van der Waals surface area contributed by atoms with Gasteiger partial charge in [-0.2, -0.15) is 13.2 Å². The van der Waals surface area contributed by atoms with Gasteiger partial charge in [0, 0.05) is 17.9 Å². The molecule has 34 heavy (non-hydrogen) atoms. The number of carboxylic acid groups (broad SMARTS) is 1. The number of nitrogens with one attached hydrogen (secondary N) is 2. The zero-order chi connectivity index (χ0) is 25.1. The lowest BCUT2D eigenvalue weighted by Gasteiger charge is -2.26. The summed E-state index contributed by atoms with van der Waals surface area (Å²) in [6, 6.07) is 12.7. The zero-order valence-corrected chi connectivity index (χ0v) is 18.6. The van der Waals surface area contributed by atoms with Crippen LogP contribution in [0.5, 0.6) is 0 Å². The van der Waals surface area contributed by atoms with Gasteiger partial charge in [0.2, 0.25) is 11.9 Å². The second-order valence-corrected chi connectivity index (χ2v) is 8.67. The molecule has 0 saturated heterocycles. The van der Waals surface area contributed by atoms with Gasteiger partial charge in [0.1, 0.15) is 6.61 Å². The van der Waals surface area contributed by atoms with Gasteiger partial charge < -0.3 is 20.5 Å². The molecule has 1 aliphatic carbocycles. The van der Waals surface area contributed by atoms with Crippen molar-refractivity contribution < 1.29 is 37.4 Å². The van der Waals surface area contributed by atoms with Gasteiger partial charge in [-0.15, -0.1) is 0 Å². The van der Waals surface area contributed by atoms with Crippen LogP contribution in [0.15, 0.2) is 48.5 Å². The van der Waals surface area contributed by atoms with E-state index in [1.54, 1.807) is 0 Å². The number of ether oxygens (including phenoxy) is 1. The average Bonchev–Trinajstić information content (AvgIpc) is 3.08. The van der Waals surface area contributed by atoms with Crippen molar-refractivity contribution in [3.8, 4) is 11.1 Å². The number of carbonyl (C=O) groups excluding carboxylic acids is 2. The quantitative estimate of drug-likeness (QED) is 0.531. The molecule has 182 valence electrons. The lowest BCUT2D eigenvalue weighted by Crippen LogP contribution is -2.54. The first-order valence-corrected chi connectivity index (χ1v) is 10.6. The summed E-state index contributed by atoms with van der Waals surface area (Å²) in [5.41, 5.74) is 2.89. The number of amides is 2. The Bertz CT molecular complexity index is 1040. The molecule has 7 nitrogen and oxygen atoms in total. The Hall–Kier alpha value is -3.56. The van der Waals surface area contributed by atoms with Crippen LogP contribution in [0.25, 0.3) is 11.1 Å². The summed E-state index contributed by atoms with van der Waals surface area (Å²) in [5.74, 6) is -3.42. The number of alkyl carbamates (subject to hydrolysis) is 1. The van der Waals surface area contributed by atoms with Gasteiger partial charge in [0.25, 0.3) is 0 Å². The van der Waals surface area contributed by atoms with Crippen LogP contribution in [0.1, 0.15) is 37.3 Å². The largest absolute Gasteiger partial charge is 0.479 e. The fraction of sp³-hybridized carbons (Fsp3) is 0.375. The van der Waals surface area contributed by atoms with E-state index >= 15 is 0 Å². The summed E-state index contributed by atoms with van der Waals surface area (Å²) in [5, 5.41) is 12.7. The van der Waals surface area contributed by atoms with Crippen LogP contribution in [-0.2, 0) is 14.3 Å². The highest BCUT2D eigenvalue weighted by molar-refractivity contribution is 5.87. The molecule has 1 aliphatic rings. The van der Waals surface area contributed by atoms with Crippen molar-refractivity contribution >= 4 is 18.0 Å². The molecule has 0 heterocycles. The number of hydrogen-bond acceptors (Lipinski definition) is 4. The van der Waals surface area contributed by atoms with Crippen molar-refractivity contribution in [2.75, 3.05) is 13.2 Å². The fourth-order valence-corrected chi connectivity index (χ4v) is 3.85. The van der Waals surface area contributed by atoms with Gasteiger partial charge >= 0.3 is 18.2 Å². The van der Waals surface area contributed by atoms with E-state index in [2.05, 4.69) is 5.32 Å². The molecule has 2 aromatic carbocycles. The summed E-state index contributed by atoms with van der Waals surface area (Å²) < 4.78 is 43.8.